The van der Waals surface area contributed by atoms with Gasteiger partial charge in [0.2, 0.25) is 0 Å². The van der Waals surface area contributed by atoms with Crippen molar-refractivity contribution in [2.75, 3.05) is 5.43 Å². The number of aromatic nitrogens is 2. The fraction of sp³-hybridized carbons (Fsp3) is 0.0455. The molecule has 0 aliphatic carbocycles. The quantitative estimate of drug-likeness (QED) is 0.455. The van der Waals surface area contributed by atoms with Crippen molar-refractivity contribution in [2.45, 2.75) is 6.61 Å². The number of benzene rings is 3. The maximum absolute atomic E-state index is 13.8. The Morgan fingerprint density at radius 2 is 1.81 bits per heavy atom. The number of para-hydroxylation sites is 1. The van der Waals surface area contributed by atoms with Crippen LogP contribution in [0.25, 0.3) is 10.9 Å². The van der Waals surface area contributed by atoms with Crippen LogP contribution in [0.2, 0.25) is 0 Å². The molecule has 31 heavy (non-hydrogen) atoms. The van der Waals surface area contributed by atoms with Crippen LogP contribution in [0.3, 0.4) is 0 Å². The number of amides is 1. The van der Waals surface area contributed by atoms with Gasteiger partial charge in [-0.3, -0.25) is 15.0 Å². The van der Waals surface area contributed by atoms with Crippen molar-refractivity contribution >= 4 is 29.0 Å². The first-order chi connectivity index (χ1) is 14.9. The molecule has 1 amide bonds. The lowest BCUT2D eigenvalue weighted by Crippen LogP contribution is -2.34. The number of carbonyl (C=O) groups is 1. The zero-order chi connectivity index (χ0) is 22.0. The third kappa shape index (κ3) is 4.22. The van der Waals surface area contributed by atoms with E-state index in [-0.39, 0.29) is 22.7 Å². The van der Waals surface area contributed by atoms with Gasteiger partial charge in [0.05, 0.1) is 10.9 Å². The molecule has 6 nitrogen and oxygen atoms in total. The van der Waals surface area contributed by atoms with Crippen LogP contribution in [0.15, 0.2) is 71.5 Å². The Balaban J connectivity index is 1.61. The molecule has 4 rings (SSSR count). The third-order valence-electron chi connectivity index (χ3n) is 4.56. The highest BCUT2D eigenvalue weighted by Crippen LogP contribution is 2.20. The minimum Gasteiger partial charge on any atom is -0.486 e. The third-order valence-corrected chi connectivity index (χ3v) is 4.84. The number of nitrogens with zero attached hydrogens (tertiary/aromatic N) is 1. The summed E-state index contributed by atoms with van der Waals surface area (Å²) >= 11 is 5.20. The largest absolute Gasteiger partial charge is 0.486 e. The highest BCUT2D eigenvalue weighted by atomic mass is 32.1. The smallest absolute Gasteiger partial charge is 0.281 e. The second-order valence-corrected chi connectivity index (χ2v) is 6.96. The maximum atomic E-state index is 13.8. The van der Waals surface area contributed by atoms with Gasteiger partial charge in [-0.05, 0) is 42.5 Å². The second kappa shape index (κ2) is 8.49. The number of fused-ring (bicyclic) bond motifs is 1. The predicted octanol–water partition coefficient (Wildman–Crippen LogP) is 4.30. The number of aromatic amines is 1. The lowest BCUT2D eigenvalue weighted by atomic mass is 10.1. The van der Waals surface area contributed by atoms with E-state index in [0.29, 0.717) is 22.5 Å². The van der Waals surface area contributed by atoms with Crippen molar-refractivity contribution in [2.24, 2.45) is 0 Å². The van der Waals surface area contributed by atoms with Crippen LogP contribution in [-0.2, 0) is 6.61 Å². The molecule has 156 valence electrons. The SMILES string of the molecule is O=C(Nn1c(=S)[nH]c2ccccc2c1=O)c1ccccc1COc1ccc(F)cc1F. The first kappa shape index (κ1) is 20.4. The van der Waals surface area contributed by atoms with Crippen LogP contribution in [0.4, 0.5) is 8.78 Å². The Labute approximate surface area is 179 Å². The molecule has 0 spiro atoms. The van der Waals surface area contributed by atoms with E-state index in [1.807, 2.05) is 0 Å². The number of hydrogen-bond donors (Lipinski definition) is 2. The lowest BCUT2D eigenvalue weighted by molar-refractivity contribution is 0.100. The average Bonchev–Trinajstić information content (AvgIpc) is 2.76. The second-order valence-electron chi connectivity index (χ2n) is 6.58. The first-order valence-corrected chi connectivity index (χ1v) is 9.56. The van der Waals surface area contributed by atoms with Crippen molar-refractivity contribution in [3.8, 4) is 5.75 Å². The summed E-state index contributed by atoms with van der Waals surface area (Å²) in [7, 11) is 0. The molecular weight excluding hydrogens is 424 g/mol. The lowest BCUT2D eigenvalue weighted by Gasteiger charge is -2.13. The van der Waals surface area contributed by atoms with Gasteiger partial charge in [0.25, 0.3) is 11.5 Å². The van der Waals surface area contributed by atoms with Crippen LogP contribution in [-0.4, -0.2) is 15.6 Å². The number of H-pyrrole nitrogens is 1. The summed E-state index contributed by atoms with van der Waals surface area (Å²) in [6.45, 7) is -0.147. The van der Waals surface area contributed by atoms with E-state index in [1.54, 1.807) is 42.5 Å². The maximum Gasteiger partial charge on any atom is 0.281 e. The van der Waals surface area contributed by atoms with E-state index in [9.17, 15) is 18.4 Å². The molecule has 1 heterocycles. The molecule has 3 aromatic carbocycles. The molecule has 0 aliphatic heterocycles. The highest BCUT2D eigenvalue weighted by molar-refractivity contribution is 7.71. The molecule has 0 fully saturated rings. The Hall–Kier alpha value is -3.85. The van der Waals surface area contributed by atoms with Crippen LogP contribution >= 0.6 is 12.2 Å². The van der Waals surface area contributed by atoms with Crippen LogP contribution in [0, 0.1) is 16.4 Å². The zero-order valence-corrected chi connectivity index (χ0v) is 16.7. The van der Waals surface area contributed by atoms with Crippen molar-refractivity contribution in [3.63, 3.8) is 0 Å². The van der Waals surface area contributed by atoms with Crippen LogP contribution in [0.5, 0.6) is 5.75 Å². The Bertz CT molecular complexity index is 1420. The number of halogens is 2. The summed E-state index contributed by atoms with van der Waals surface area (Å²) in [5.74, 6) is -2.32. The van der Waals surface area contributed by atoms with Gasteiger partial charge in [0, 0.05) is 17.2 Å². The number of rotatable bonds is 5. The fourth-order valence-electron chi connectivity index (χ4n) is 3.04. The standard InChI is InChI=1S/C22H15F2N3O3S/c23-14-9-10-19(17(24)11-14)30-12-13-5-1-2-6-15(13)20(28)26-27-21(29)16-7-3-4-8-18(16)25-22(27)31/h1-11H,12H2,(H,25,31)(H,26,28). The monoisotopic (exact) mass is 439 g/mol. The predicted molar refractivity (Wildman–Crippen MR) is 114 cm³/mol. The summed E-state index contributed by atoms with van der Waals surface area (Å²) in [5.41, 5.74) is 3.22. The van der Waals surface area contributed by atoms with E-state index >= 15 is 0 Å². The van der Waals surface area contributed by atoms with Crippen molar-refractivity contribution in [3.05, 3.63) is 105 Å². The molecule has 1 aromatic heterocycles. The first-order valence-electron chi connectivity index (χ1n) is 9.15. The van der Waals surface area contributed by atoms with E-state index in [1.165, 1.54) is 12.1 Å². The van der Waals surface area contributed by atoms with Gasteiger partial charge in [-0.25, -0.2) is 8.78 Å². The Morgan fingerprint density at radius 1 is 1.06 bits per heavy atom. The van der Waals surface area contributed by atoms with Gasteiger partial charge in [-0.15, -0.1) is 0 Å². The van der Waals surface area contributed by atoms with E-state index in [4.69, 9.17) is 17.0 Å². The molecule has 0 saturated carbocycles. The normalized spacial score (nSPS) is 10.8. The van der Waals surface area contributed by atoms with Gasteiger partial charge in [-0.2, -0.15) is 4.68 Å². The Morgan fingerprint density at radius 3 is 2.61 bits per heavy atom. The molecule has 0 radical (unpaired) electrons. The number of hydrogen-bond acceptors (Lipinski definition) is 4. The number of carbonyl (C=O) groups excluding carboxylic acids is 1. The zero-order valence-electron chi connectivity index (χ0n) is 15.9. The molecular formula is C22H15F2N3O3S. The van der Waals surface area contributed by atoms with Gasteiger partial charge in [-0.1, -0.05) is 30.3 Å². The molecule has 0 unspecified atom stereocenters. The molecule has 0 saturated heterocycles. The highest BCUT2D eigenvalue weighted by Gasteiger charge is 2.15. The van der Waals surface area contributed by atoms with E-state index < -0.39 is 23.1 Å². The molecule has 0 atom stereocenters. The summed E-state index contributed by atoms with van der Waals surface area (Å²) in [4.78, 5) is 28.5. The molecule has 0 aliphatic rings. The molecule has 0 bridgehead atoms. The summed E-state index contributed by atoms with van der Waals surface area (Å²) in [5, 5.41) is 0.361. The molecule has 4 aromatic rings. The molecule has 9 heteroatoms. The van der Waals surface area contributed by atoms with Crippen molar-refractivity contribution in [1.82, 2.24) is 9.66 Å². The van der Waals surface area contributed by atoms with E-state index in [2.05, 4.69) is 10.4 Å². The number of ether oxygens (including phenoxy) is 1. The summed E-state index contributed by atoms with van der Waals surface area (Å²) < 4.78 is 33.3. The minimum atomic E-state index is -0.851. The van der Waals surface area contributed by atoms with Gasteiger partial charge in [0.1, 0.15) is 12.4 Å². The fourth-order valence-corrected chi connectivity index (χ4v) is 3.28. The summed E-state index contributed by atoms with van der Waals surface area (Å²) in [6.07, 6.45) is 0. The van der Waals surface area contributed by atoms with Crippen molar-refractivity contribution < 1.29 is 18.3 Å². The number of nitrogens with one attached hydrogen (secondary N) is 2. The molecule has 2 N–H and O–H groups in total. The van der Waals surface area contributed by atoms with Gasteiger partial charge >= 0.3 is 0 Å². The van der Waals surface area contributed by atoms with Gasteiger partial charge in [0.15, 0.2) is 16.3 Å². The van der Waals surface area contributed by atoms with Crippen LogP contribution < -0.4 is 15.7 Å². The Kier molecular flexibility index (Phi) is 5.59. The van der Waals surface area contributed by atoms with E-state index in [0.717, 1.165) is 10.7 Å². The summed E-state index contributed by atoms with van der Waals surface area (Å²) in [6, 6.07) is 16.2. The topological polar surface area (TPSA) is 76.1 Å². The average molecular weight is 439 g/mol. The van der Waals surface area contributed by atoms with Gasteiger partial charge < -0.3 is 9.72 Å². The minimum absolute atomic E-state index is 0.0270. The van der Waals surface area contributed by atoms with Crippen molar-refractivity contribution in [1.29, 1.82) is 0 Å². The van der Waals surface area contributed by atoms with Crippen LogP contribution in [0.1, 0.15) is 15.9 Å².